The van der Waals surface area contributed by atoms with Crippen LogP contribution in [0.1, 0.15) is 21.5 Å². The Kier molecular flexibility index (Phi) is 3.70. The number of carbonyl (C=O) groups excluding carboxylic acids is 1. The van der Waals surface area contributed by atoms with Crippen LogP contribution in [0.4, 0.5) is 14.5 Å². The molecule has 0 aliphatic carbocycles. The minimum Gasteiger partial charge on any atom is -0.508 e. The van der Waals surface area contributed by atoms with Crippen molar-refractivity contribution < 1.29 is 18.7 Å². The first-order valence-corrected chi connectivity index (χ1v) is 5.95. The molecule has 0 spiro atoms. The van der Waals surface area contributed by atoms with Gasteiger partial charge in [-0.2, -0.15) is 0 Å². The zero-order valence-corrected chi connectivity index (χ0v) is 11.0. The molecule has 0 fully saturated rings. The third-order valence-corrected chi connectivity index (χ3v) is 2.97. The molecule has 0 aliphatic rings. The predicted molar refractivity (Wildman–Crippen MR) is 71.9 cm³/mol. The van der Waals surface area contributed by atoms with Crippen molar-refractivity contribution in [3.63, 3.8) is 0 Å². The first-order valence-electron chi connectivity index (χ1n) is 5.95. The van der Waals surface area contributed by atoms with Gasteiger partial charge in [0, 0.05) is 11.6 Å². The molecule has 20 heavy (non-hydrogen) atoms. The Hall–Kier alpha value is -2.43. The van der Waals surface area contributed by atoms with E-state index in [1.807, 2.05) is 0 Å². The van der Waals surface area contributed by atoms with Gasteiger partial charge in [0.2, 0.25) is 0 Å². The van der Waals surface area contributed by atoms with Crippen molar-refractivity contribution in [2.24, 2.45) is 0 Å². The summed E-state index contributed by atoms with van der Waals surface area (Å²) >= 11 is 0. The molecule has 0 bridgehead atoms. The number of rotatable bonds is 2. The van der Waals surface area contributed by atoms with E-state index in [0.717, 1.165) is 12.1 Å². The number of benzene rings is 2. The van der Waals surface area contributed by atoms with E-state index < -0.39 is 17.5 Å². The molecule has 1 amide bonds. The van der Waals surface area contributed by atoms with Crippen LogP contribution >= 0.6 is 0 Å². The van der Waals surface area contributed by atoms with Crippen molar-refractivity contribution in [1.29, 1.82) is 0 Å². The van der Waals surface area contributed by atoms with Crippen LogP contribution in [0.2, 0.25) is 0 Å². The van der Waals surface area contributed by atoms with Crippen molar-refractivity contribution in [2.45, 2.75) is 13.8 Å². The van der Waals surface area contributed by atoms with Crippen LogP contribution in [-0.4, -0.2) is 11.0 Å². The van der Waals surface area contributed by atoms with Gasteiger partial charge in [0.15, 0.2) is 0 Å². The zero-order valence-electron chi connectivity index (χ0n) is 11.0. The van der Waals surface area contributed by atoms with E-state index in [1.165, 1.54) is 19.1 Å². The molecule has 0 heterocycles. The molecule has 5 heteroatoms. The van der Waals surface area contributed by atoms with Gasteiger partial charge in [0.1, 0.15) is 17.4 Å². The molecule has 0 radical (unpaired) electrons. The maximum atomic E-state index is 13.6. The zero-order chi connectivity index (χ0) is 14.9. The van der Waals surface area contributed by atoms with E-state index in [0.29, 0.717) is 5.56 Å². The standard InChI is InChI=1S/C15H13F2NO2/c1-8-3-4-10(6-14(8)19)15(20)18-13-7-11(16)9(2)5-12(13)17/h3-7,19H,1-2H3,(H,18,20). The molecule has 0 aliphatic heterocycles. The summed E-state index contributed by atoms with van der Waals surface area (Å²) in [6.45, 7) is 3.12. The fraction of sp³-hybridized carbons (Fsp3) is 0.133. The number of aryl methyl sites for hydroxylation is 2. The van der Waals surface area contributed by atoms with Gasteiger partial charge in [0.25, 0.3) is 5.91 Å². The van der Waals surface area contributed by atoms with E-state index in [2.05, 4.69) is 5.32 Å². The van der Waals surface area contributed by atoms with E-state index in [4.69, 9.17) is 0 Å². The van der Waals surface area contributed by atoms with Gasteiger partial charge < -0.3 is 10.4 Å². The lowest BCUT2D eigenvalue weighted by atomic mass is 10.1. The molecule has 2 aromatic carbocycles. The van der Waals surface area contributed by atoms with Crippen LogP contribution in [0.3, 0.4) is 0 Å². The number of phenols is 1. The second kappa shape index (κ2) is 5.28. The second-order valence-electron chi connectivity index (χ2n) is 4.54. The number of carbonyl (C=O) groups is 1. The maximum Gasteiger partial charge on any atom is 0.255 e. The molecule has 0 saturated carbocycles. The quantitative estimate of drug-likeness (QED) is 0.882. The summed E-state index contributed by atoms with van der Waals surface area (Å²) in [5.74, 6) is -1.97. The number of amides is 1. The topological polar surface area (TPSA) is 49.3 Å². The van der Waals surface area contributed by atoms with Gasteiger partial charge in [-0.3, -0.25) is 4.79 Å². The Morgan fingerprint density at radius 3 is 2.40 bits per heavy atom. The predicted octanol–water partition coefficient (Wildman–Crippen LogP) is 3.54. The average molecular weight is 277 g/mol. The highest BCUT2D eigenvalue weighted by molar-refractivity contribution is 6.04. The molecule has 2 rings (SSSR count). The molecule has 0 saturated heterocycles. The van der Waals surface area contributed by atoms with Crippen LogP contribution in [0.5, 0.6) is 5.75 Å². The summed E-state index contributed by atoms with van der Waals surface area (Å²) in [7, 11) is 0. The monoisotopic (exact) mass is 277 g/mol. The van der Waals surface area contributed by atoms with E-state index >= 15 is 0 Å². The highest BCUT2D eigenvalue weighted by Crippen LogP contribution is 2.21. The molecule has 0 aromatic heterocycles. The molecule has 3 nitrogen and oxygen atoms in total. The Bertz CT molecular complexity index is 684. The van der Waals surface area contributed by atoms with Gasteiger partial charge >= 0.3 is 0 Å². The Morgan fingerprint density at radius 1 is 1.05 bits per heavy atom. The van der Waals surface area contributed by atoms with Gasteiger partial charge in [0.05, 0.1) is 5.69 Å². The number of hydrogen-bond donors (Lipinski definition) is 2. The second-order valence-corrected chi connectivity index (χ2v) is 4.54. The molecule has 2 aromatic rings. The summed E-state index contributed by atoms with van der Waals surface area (Å²) in [5, 5.41) is 11.8. The summed E-state index contributed by atoms with van der Waals surface area (Å²) in [5.41, 5.74) is 0.703. The number of phenolic OH excluding ortho intramolecular Hbond substituents is 1. The molecule has 0 unspecified atom stereocenters. The lowest BCUT2D eigenvalue weighted by Crippen LogP contribution is -2.13. The smallest absolute Gasteiger partial charge is 0.255 e. The number of anilines is 1. The fourth-order valence-corrected chi connectivity index (χ4v) is 1.69. The van der Waals surface area contributed by atoms with E-state index in [-0.39, 0.29) is 22.6 Å². The number of nitrogens with one attached hydrogen (secondary N) is 1. The van der Waals surface area contributed by atoms with Crippen LogP contribution in [0, 0.1) is 25.5 Å². The maximum absolute atomic E-state index is 13.6. The number of aromatic hydroxyl groups is 1. The molecular formula is C15H13F2NO2. The van der Waals surface area contributed by atoms with Gasteiger partial charge in [-0.1, -0.05) is 6.07 Å². The van der Waals surface area contributed by atoms with E-state index in [9.17, 15) is 18.7 Å². The third-order valence-electron chi connectivity index (χ3n) is 2.97. The van der Waals surface area contributed by atoms with Gasteiger partial charge in [-0.15, -0.1) is 0 Å². The SMILES string of the molecule is Cc1ccc(C(=O)Nc2cc(F)c(C)cc2F)cc1O. The Morgan fingerprint density at radius 2 is 1.75 bits per heavy atom. The third kappa shape index (κ3) is 2.77. The summed E-state index contributed by atoms with van der Waals surface area (Å²) in [6, 6.07) is 6.27. The van der Waals surface area contributed by atoms with Crippen molar-refractivity contribution in [1.82, 2.24) is 0 Å². The summed E-state index contributed by atoms with van der Waals surface area (Å²) in [6.07, 6.45) is 0. The normalized spacial score (nSPS) is 10.4. The van der Waals surface area contributed by atoms with Crippen molar-refractivity contribution >= 4 is 11.6 Å². The number of hydrogen-bond acceptors (Lipinski definition) is 2. The molecule has 104 valence electrons. The summed E-state index contributed by atoms with van der Waals surface area (Å²) < 4.78 is 27.0. The van der Waals surface area contributed by atoms with Crippen LogP contribution < -0.4 is 5.32 Å². The highest BCUT2D eigenvalue weighted by atomic mass is 19.1. The van der Waals surface area contributed by atoms with Crippen LogP contribution in [0.25, 0.3) is 0 Å². The fourth-order valence-electron chi connectivity index (χ4n) is 1.69. The summed E-state index contributed by atoms with van der Waals surface area (Å²) in [4.78, 5) is 11.9. The minimum absolute atomic E-state index is 0.0341. The van der Waals surface area contributed by atoms with Crippen molar-refractivity contribution in [3.05, 3.63) is 58.7 Å². The molecule has 2 N–H and O–H groups in total. The first-order chi connectivity index (χ1) is 9.38. The lowest BCUT2D eigenvalue weighted by Gasteiger charge is -2.09. The largest absolute Gasteiger partial charge is 0.508 e. The Balaban J connectivity index is 2.27. The van der Waals surface area contributed by atoms with Crippen molar-refractivity contribution in [2.75, 3.05) is 5.32 Å². The van der Waals surface area contributed by atoms with Gasteiger partial charge in [-0.25, -0.2) is 8.78 Å². The lowest BCUT2D eigenvalue weighted by molar-refractivity contribution is 0.102. The Labute approximate surface area is 114 Å². The van der Waals surface area contributed by atoms with Gasteiger partial charge in [-0.05, 0) is 43.2 Å². The molecular weight excluding hydrogens is 264 g/mol. The van der Waals surface area contributed by atoms with Crippen LogP contribution in [-0.2, 0) is 0 Å². The molecule has 0 atom stereocenters. The van der Waals surface area contributed by atoms with Crippen LogP contribution in [0.15, 0.2) is 30.3 Å². The minimum atomic E-state index is -0.714. The highest BCUT2D eigenvalue weighted by Gasteiger charge is 2.13. The van der Waals surface area contributed by atoms with E-state index in [1.54, 1.807) is 13.0 Å². The first kappa shape index (κ1) is 14.0. The van der Waals surface area contributed by atoms with Crippen molar-refractivity contribution in [3.8, 4) is 5.75 Å². The number of halogens is 2. The average Bonchev–Trinajstić information content (AvgIpc) is 2.39.